The van der Waals surface area contributed by atoms with E-state index in [-0.39, 0.29) is 58.0 Å². The molecule has 3 amide bonds. The highest BCUT2D eigenvalue weighted by Gasteiger charge is 2.40. The molecular weight excluding hydrogens is 557 g/mol. The topological polar surface area (TPSA) is 194 Å². The fourth-order valence-corrected chi connectivity index (χ4v) is 4.77. The third-order valence-corrected chi connectivity index (χ3v) is 7.43. The number of amides is 3. The maximum Gasteiger partial charge on any atom is 0.389 e. The van der Waals surface area contributed by atoms with Crippen molar-refractivity contribution in [3.8, 4) is 0 Å². The molecule has 1 aliphatic heterocycles. The maximum absolute atomic E-state index is 13.4. The molecule has 42 heavy (non-hydrogen) atoms. The highest BCUT2D eigenvalue weighted by molar-refractivity contribution is 5.93. The minimum absolute atomic E-state index is 0.00250. The predicted molar refractivity (Wildman–Crippen MR) is 150 cm³/mol. The third-order valence-electron chi connectivity index (χ3n) is 7.43. The second kappa shape index (κ2) is 16.4. The summed E-state index contributed by atoms with van der Waals surface area (Å²) in [6, 6.07) is 5.72. The summed E-state index contributed by atoms with van der Waals surface area (Å²) in [6.45, 7) is 0.526. The summed E-state index contributed by atoms with van der Waals surface area (Å²) in [5, 5.41) is 14.6. The zero-order chi connectivity index (χ0) is 31.3. The number of nitrogens with two attached hydrogens (primary N) is 3. The Morgan fingerprint density at radius 3 is 2.07 bits per heavy atom. The maximum atomic E-state index is 13.4. The molecule has 1 unspecified atom stereocenters. The van der Waals surface area contributed by atoms with Crippen LogP contribution in [0.25, 0.3) is 0 Å². The molecule has 3 atom stereocenters. The van der Waals surface area contributed by atoms with E-state index in [9.17, 15) is 37.5 Å². The number of nitrogens with one attached hydrogen (secondary N) is 2. The molecule has 9 N–H and O–H groups in total. The van der Waals surface area contributed by atoms with Crippen LogP contribution in [0.2, 0.25) is 0 Å². The van der Waals surface area contributed by atoms with Crippen LogP contribution in [0.15, 0.2) is 30.3 Å². The van der Waals surface area contributed by atoms with Crippen molar-refractivity contribution in [3.63, 3.8) is 0 Å². The van der Waals surface area contributed by atoms with Crippen molar-refractivity contribution >= 4 is 23.7 Å². The summed E-state index contributed by atoms with van der Waals surface area (Å²) < 4.78 is 38.0. The van der Waals surface area contributed by atoms with Crippen LogP contribution >= 0.6 is 0 Å². The number of carbonyl (C=O) groups is 4. The van der Waals surface area contributed by atoms with Gasteiger partial charge in [0.1, 0.15) is 17.6 Å². The Kier molecular flexibility index (Phi) is 13.7. The van der Waals surface area contributed by atoms with Crippen molar-refractivity contribution in [2.75, 3.05) is 19.6 Å². The van der Waals surface area contributed by atoms with Gasteiger partial charge in [0.25, 0.3) is 0 Å². The molecule has 1 heterocycles. The molecule has 1 fully saturated rings. The second-order valence-electron chi connectivity index (χ2n) is 10.9. The van der Waals surface area contributed by atoms with E-state index in [0.29, 0.717) is 19.4 Å². The van der Waals surface area contributed by atoms with Crippen LogP contribution in [-0.4, -0.2) is 83.2 Å². The van der Waals surface area contributed by atoms with Gasteiger partial charge in [-0.1, -0.05) is 36.8 Å². The van der Waals surface area contributed by atoms with Crippen LogP contribution in [0.5, 0.6) is 0 Å². The van der Waals surface area contributed by atoms with Gasteiger partial charge >= 0.3 is 12.1 Å². The Morgan fingerprint density at radius 2 is 1.50 bits per heavy atom. The first kappa shape index (κ1) is 35.0. The summed E-state index contributed by atoms with van der Waals surface area (Å²) in [5.41, 5.74) is 16.9. The molecule has 14 heteroatoms. The Hall–Kier alpha value is -3.23. The van der Waals surface area contributed by atoms with Gasteiger partial charge in [-0.05, 0) is 63.5 Å². The summed E-state index contributed by atoms with van der Waals surface area (Å²) in [4.78, 5) is 52.6. The molecule has 0 radical (unpaired) electrons. The summed E-state index contributed by atoms with van der Waals surface area (Å²) >= 11 is 0. The average molecular weight is 601 g/mol. The molecule has 2 rings (SSSR count). The zero-order valence-electron chi connectivity index (χ0n) is 23.7. The van der Waals surface area contributed by atoms with Crippen LogP contribution in [-0.2, 0) is 25.6 Å². The number of hydrogen-bond donors (Lipinski definition) is 6. The van der Waals surface area contributed by atoms with Gasteiger partial charge in [0.2, 0.25) is 17.7 Å². The van der Waals surface area contributed by atoms with Gasteiger partial charge in [0.05, 0.1) is 6.04 Å². The van der Waals surface area contributed by atoms with Crippen molar-refractivity contribution in [1.29, 1.82) is 0 Å². The van der Waals surface area contributed by atoms with Crippen LogP contribution < -0.4 is 27.8 Å². The van der Waals surface area contributed by atoms with Gasteiger partial charge < -0.3 is 37.8 Å². The van der Waals surface area contributed by atoms with Crippen molar-refractivity contribution in [2.24, 2.45) is 17.2 Å². The highest BCUT2D eigenvalue weighted by atomic mass is 19.4. The number of nitrogens with zero attached hydrogens (tertiary/aromatic N) is 1. The first-order valence-corrected chi connectivity index (χ1v) is 14.2. The molecule has 0 spiro atoms. The molecule has 11 nitrogen and oxygen atoms in total. The number of benzene rings is 1. The number of rotatable bonds is 16. The molecule has 0 bridgehead atoms. The largest absolute Gasteiger partial charge is 0.480 e. The number of alkyl halides is 3. The lowest BCUT2D eigenvalue weighted by molar-refractivity contribution is -0.148. The molecule has 236 valence electrons. The zero-order valence-corrected chi connectivity index (χ0v) is 23.7. The number of aliphatic carboxylic acids is 1. The SMILES string of the molecule is NCCCC[C@@H](NC(=O)C(CCCCC(F)(F)F)NC(=O)[C@H](N)Cc1ccccc1)C(=O)N1CCC(N)(C(=O)O)CC1. The minimum Gasteiger partial charge on any atom is -0.480 e. The number of carboxylic acid groups (broad SMARTS) is 1. The van der Waals surface area contributed by atoms with Crippen molar-refractivity contribution in [3.05, 3.63) is 35.9 Å². The van der Waals surface area contributed by atoms with E-state index in [4.69, 9.17) is 17.2 Å². The van der Waals surface area contributed by atoms with Crippen molar-refractivity contribution < 1.29 is 37.5 Å². The monoisotopic (exact) mass is 600 g/mol. The minimum atomic E-state index is -4.35. The lowest BCUT2D eigenvalue weighted by Crippen LogP contribution is -2.60. The second-order valence-corrected chi connectivity index (χ2v) is 10.9. The van der Waals surface area contributed by atoms with E-state index >= 15 is 0 Å². The van der Waals surface area contributed by atoms with Gasteiger partial charge in [-0.25, -0.2) is 0 Å². The number of hydrogen-bond acceptors (Lipinski definition) is 7. The van der Waals surface area contributed by atoms with Crippen molar-refractivity contribution in [1.82, 2.24) is 15.5 Å². The predicted octanol–water partition coefficient (Wildman–Crippen LogP) is 1.18. The molecule has 1 aromatic rings. The number of piperidine rings is 1. The first-order valence-electron chi connectivity index (χ1n) is 14.2. The standard InChI is InChI=1S/C28H43F3N6O5/c29-28(30,31)12-6-4-10-21(35-23(38)20(33)18-19-8-2-1-3-9-19)24(39)36-22(11-5-7-15-32)25(40)37-16-13-27(34,14-17-37)26(41)42/h1-3,8-9,20-22H,4-7,10-18,32-34H2,(H,35,38)(H,36,39)(H,41,42)/t20-,21?,22-/m1/s1. The third kappa shape index (κ3) is 11.6. The highest BCUT2D eigenvalue weighted by Crippen LogP contribution is 2.24. The van der Waals surface area contributed by atoms with Gasteiger partial charge in [-0.3, -0.25) is 19.2 Å². The fraction of sp³-hybridized carbons (Fsp3) is 0.643. The number of unbranched alkanes of at least 4 members (excludes halogenated alkanes) is 2. The molecule has 0 aromatic heterocycles. The van der Waals surface area contributed by atoms with E-state index in [1.807, 2.05) is 6.07 Å². The van der Waals surface area contributed by atoms with Gasteiger partial charge in [0.15, 0.2) is 0 Å². The summed E-state index contributed by atoms with van der Waals surface area (Å²) in [6.07, 6.45) is -4.15. The Bertz CT molecular complexity index is 1030. The summed E-state index contributed by atoms with van der Waals surface area (Å²) in [7, 11) is 0. The first-order chi connectivity index (χ1) is 19.8. The Morgan fingerprint density at radius 1 is 0.929 bits per heavy atom. The van der Waals surface area contributed by atoms with Crippen LogP contribution in [0.1, 0.15) is 63.4 Å². The van der Waals surface area contributed by atoms with E-state index in [2.05, 4.69) is 10.6 Å². The lowest BCUT2D eigenvalue weighted by atomic mass is 9.88. The lowest BCUT2D eigenvalue weighted by Gasteiger charge is -2.38. The summed E-state index contributed by atoms with van der Waals surface area (Å²) in [5.74, 6) is -2.96. The molecule has 1 saturated heterocycles. The van der Waals surface area contributed by atoms with Crippen LogP contribution in [0, 0.1) is 0 Å². The quantitative estimate of drug-likeness (QED) is 0.152. The Labute approximate surface area is 243 Å². The van der Waals surface area contributed by atoms with E-state index in [1.54, 1.807) is 24.3 Å². The van der Waals surface area contributed by atoms with E-state index < -0.39 is 60.0 Å². The van der Waals surface area contributed by atoms with E-state index in [1.165, 1.54) is 4.90 Å². The normalized spacial score (nSPS) is 17.1. The smallest absolute Gasteiger partial charge is 0.389 e. The van der Waals surface area contributed by atoms with Gasteiger partial charge in [0, 0.05) is 19.5 Å². The fourth-order valence-electron chi connectivity index (χ4n) is 4.77. The van der Waals surface area contributed by atoms with Gasteiger partial charge in [-0.15, -0.1) is 0 Å². The number of carbonyl (C=O) groups excluding carboxylic acids is 3. The van der Waals surface area contributed by atoms with Crippen molar-refractivity contribution in [2.45, 2.75) is 94.0 Å². The number of likely N-dealkylation sites (tertiary alicyclic amines) is 1. The molecule has 1 aliphatic rings. The molecular formula is C28H43F3N6O5. The van der Waals surface area contributed by atoms with Gasteiger partial charge in [-0.2, -0.15) is 13.2 Å². The Balaban J connectivity index is 2.13. The molecule has 0 aliphatic carbocycles. The number of carboxylic acids is 1. The van der Waals surface area contributed by atoms with Crippen LogP contribution in [0.4, 0.5) is 13.2 Å². The van der Waals surface area contributed by atoms with E-state index in [0.717, 1.165) is 5.56 Å². The molecule has 0 saturated carbocycles. The molecule has 1 aromatic carbocycles. The van der Waals surface area contributed by atoms with Crippen LogP contribution in [0.3, 0.4) is 0 Å². The average Bonchev–Trinajstić information content (AvgIpc) is 2.94. The number of halogens is 3.